The van der Waals surface area contributed by atoms with E-state index in [0.717, 1.165) is 11.4 Å². The predicted molar refractivity (Wildman–Crippen MR) is 328 cm³/mol. The Hall–Kier alpha value is -9.55. The van der Waals surface area contributed by atoms with Crippen LogP contribution in [0.15, 0.2) is 267 Å². The topological polar surface area (TPSA) is 13.0 Å². The largest absolute Gasteiger partial charge is 0.311 e. The number of anilines is 12. The Labute approximate surface area is 452 Å². The highest BCUT2D eigenvalue weighted by Gasteiger charge is 2.53. The molecule has 11 aromatic carbocycles. The van der Waals surface area contributed by atoms with E-state index in [1.54, 1.807) is 0 Å². The first-order valence-corrected chi connectivity index (χ1v) is 27.5. The summed E-state index contributed by atoms with van der Waals surface area (Å²) in [6.07, 6.45) is 0. The molecular formula is C70H44B2N4S. The van der Waals surface area contributed by atoms with Gasteiger partial charge in [0.25, 0.3) is 13.4 Å². The van der Waals surface area contributed by atoms with Gasteiger partial charge in [-0.2, -0.15) is 11.3 Å². The van der Waals surface area contributed by atoms with E-state index in [1.165, 1.54) is 133 Å². The Morgan fingerprint density at radius 1 is 0.234 bits per heavy atom. The lowest BCUT2D eigenvalue weighted by Gasteiger charge is -2.49. The zero-order valence-electron chi connectivity index (χ0n) is 41.8. The average molecular weight is 995 g/mol. The van der Waals surface area contributed by atoms with Crippen molar-refractivity contribution in [1.29, 1.82) is 0 Å². The fraction of sp³-hybridized carbons (Fsp3) is 0. The van der Waals surface area contributed by atoms with Gasteiger partial charge in [-0.25, -0.2) is 0 Å². The summed E-state index contributed by atoms with van der Waals surface area (Å²) >= 11 is 2.03. The molecule has 0 saturated heterocycles. The molecule has 12 aromatic rings. The maximum atomic E-state index is 2.63. The van der Waals surface area contributed by atoms with E-state index in [2.05, 4.69) is 287 Å². The second-order valence-corrected chi connectivity index (χ2v) is 21.8. The Bertz CT molecular complexity index is 4000. The number of nitrogens with zero attached hydrogens (tertiary/aromatic N) is 4. The van der Waals surface area contributed by atoms with Crippen molar-refractivity contribution in [1.82, 2.24) is 0 Å². The molecule has 1 aromatic heterocycles. The van der Waals surface area contributed by atoms with Crippen LogP contribution in [-0.4, -0.2) is 13.4 Å². The Balaban J connectivity index is 0.896. The highest BCUT2D eigenvalue weighted by Crippen LogP contribution is 2.58. The molecule has 0 saturated carbocycles. The maximum absolute atomic E-state index is 2.63. The molecule has 0 atom stereocenters. The lowest BCUT2D eigenvalue weighted by molar-refractivity contribution is 1.18. The van der Waals surface area contributed by atoms with Gasteiger partial charge in [-0.15, -0.1) is 0 Å². The van der Waals surface area contributed by atoms with Crippen LogP contribution in [-0.2, 0) is 0 Å². The van der Waals surface area contributed by atoms with Crippen molar-refractivity contribution in [2.45, 2.75) is 0 Å². The van der Waals surface area contributed by atoms with Crippen LogP contribution in [0.3, 0.4) is 0 Å². The molecule has 77 heavy (non-hydrogen) atoms. The molecule has 6 heterocycles. The molecule has 5 aliphatic heterocycles. The predicted octanol–water partition coefficient (Wildman–Crippen LogP) is 14.9. The van der Waals surface area contributed by atoms with Gasteiger partial charge < -0.3 is 19.6 Å². The highest BCUT2D eigenvalue weighted by molar-refractivity contribution is 7.39. The number of hydrogen-bond acceptors (Lipinski definition) is 5. The van der Waals surface area contributed by atoms with Gasteiger partial charge in [-0.1, -0.05) is 182 Å². The zero-order chi connectivity index (χ0) is 50.3. The molecule has 7 heteroatoms. The second-order valence-electron chi connectivity index (χ2n) is 20.8. The van der Waals surface area contributed by atoms with Crippen LogP contribution in [0, 0.1) is 0 Å². The van der Waals surface area contributed by atoms with E-state index in [9.17, 15) is 0 Å². The van der Waals surface area contributed by atoms with Gasteiger partial charge in [-0.3, -0.25) is 0 Å². The lowest BCUT2D eigenvalue weighted by atomic mass is 9.35. The van der Waals surface area contributed by atoms with Crippen molar-refractivity contribution in [3.8, 4) is 44.5 Å². The fourth-order valence-electron chi connectivity index (χ4n) is 13.5. The number of fused-ring (bicyclic) bond motifs is 11. The van der Waals surface area contributed by atoms with Crippen LogP contribution in [0.4, 0.5) is 68.2 Å². The molecule has 5 aliphatic rings. The maximum Gasteiger partial charge on any atom is 0.264 e. The van der Waals surface area contributed by atoms with E-state index in [0.29, 0.717) is 0 Å². The summed E-state index contributed by atoms with van der Waals surface area (Å²) in [4.78, 5) is 10.4. The number of rotatable bonds is 6. The van der Waals surface area contributed by atoms with Gasteiger partial charge in [0.05, 0.1) is 22.7 Å². The first-order valence-electron chi connectivity index (χ1n) is 26.7. The summed E-state index contributed by atoms with van der Waals surface area (Å²) in [5.41, 5.74) is 29.4. The van der Waals surface area contributed by atoms with Crippen molar-refractivity contribution >= 4 is 124 Å². The zero-order valence-corrected chi connectivity index (χ0v) is 42.6. The van der Waals surface area contributed by atoms with E-state index in [4.69, 9.17) is 0 Å². The van der Waals surface area contributed by atoms with Crippen LogP contribution in [0.25, 0.3) is 44.5 Å². The summed E-state index contributed by atoms with van der Waals surface area (Å²) < 4.78 is 2.78. The van der Waals surface area contributed by atoms with Crippen LogP contribution in [0.1, 0.15) is 0 Å². The molecule has 0 spiro atoms. The molecule has 17 rings (SSSR count). The molecule has 0 fully saturated rings. The summed E-state index contributed by atoms with van der Waals surface area (Å²) in [7, 11) is 0. The fourth-order valence-corrected chi connectivity index (χ4v) is 15.1. The highest BCUT2D eigenvalue weighted by atomic mass is 32.1. The minimum atomic E-state index is 0.00330. The number of benzene rings is 11. The minimum Gasteiger partial charge on any atom is -0.311 e. The second kappa shape index (κ2) is 16.5. The molecule has 0 unspecified atom stereocenters. The Kier molecular flexibility index (Phi) is 9.15. The van der Waals surface area contributed by atoms with Crippen LogP contribution in [0.5, 0.6) is 0 Å². The summed E-state index contributed by atoms with van der Waals surface area (Å²) in [6.45, 7) is 0.00660. The molecule has 356 valence electrons. The summed E-state index contributed by atoms with van der Waals surface area (Å²) in [6, 6.07) is 99.2. The van der Waals surface area contributed by atoms with Crippen LogP contribution in [0.2, 0.25) is 0 Å². The molecular weight excluding hydrogens is 950 g/mol. The number of para-hydroxylation sites is 4. The average Bonchev–Trinajstić information content (AvgIpc) is 4.14. The lowest BCUT2D eigenvalue weighted by Crippen LogP contribution is -2.61. The van der Waals surface area contributed by atoms with Crippen molar-refractivity contribution in [2.75, 3.05) is 19.6 Å². The van der Waals surface area contributed by atoms with Gasteiger partial charge in [0, 0.05) is 55.1 Å². The van der Waals surface area contributed by atoms with Crippen molar-refractivity contribution < 1.29 is 0 Å². The minimum absolute atomic E-state index is 0.00330. The number of hydrogen-bond donors (Lipinski definition) is 0. The van der Waals surface area contributed by atoms with Crippen molar-refractivity contribution in [2.24, 2.45) is 0 Å². The third-order valence-electron chi connectivity index (χ3n) is 16.7. The summed E-state index contributed by atoms with van der Waals surface area (Å²) in [5.74, 6) is 0. The number of thiophene rings is 1. The SMILES string of the molecule is c1ccc(-c2cc(-c3ccccc3)cc(N3c4ccccc4B4c5sc6c7c5N(c5ccccc5N7c5cccc7c5B6c5ccccc5N7c5cc(-c6ccccc6)cc(-c6ccccc6)c5)c5cccc3c54)c2)cc1. The van der Waals surface area contributed by atoms with Crippen molar-refractivity contribution in [3.05, 3.63) is 267 Å². The molecule has 0 bridgehead atoms. The van der Waals surface area contributed by atoms with Gasteiger partial charge in [-0.05, 0) is 151 Å². The first-order chi connectivity index (χ1) is 38.2. The smallest absolute Gasteiger partial charge is 0.264 e. The standard InChI is InChI=1S/C70H44B2N4S/c1-5-21-45(22-6-1)49-39-50(46-23-7-2-8-24-46)42-53(41-49)73-57-31-15-13-29-55(57)71-65-61(73)35-19-37-63(65)75-59-33-17-18-34-60(59)76-64-38-20-36-62-66(64)72(70-68(76)67(75)69(71)77-70)56-30-14-16-32-58(56)74(62)54-43-51(47-25-9-3-10-26-47)40-52(44-54)48-27-11-4-12-28-48/h1-44H. The first kappa shape index (κ1) is 42.8. The van der Waals surface area contributed by atoms with E-state index >= 15 is 0 Å². The molecule has 0 aliphatic carbocycles. The van der Waals surface area contributed by atoms with Gasteiger partial charge >= 0.3 is 0 Å². The summed E-state index contributed by atoms with van der Waals surface area (Å²) in [5, 5.41) is 0. The normalized spacial score (nSPS) is 13.6. The van der Waals surface area contributed by atoms with Gasteiger partial charge in [0.1, 0.15) is 0 Å². The Morgan fingerprint density at radius 2 is 0.519 bits per heavy atom. The Morgan fingerprint density at radius 3 is 0.870 bits per heavy atom. The quantitative estimate of drug-likeness (QED) is 0.154. The molecule has 0 radical (unpaired) electrons. The third kappa shape index (κ3) is 6.17. The van der Waals surface area contributed by atoms with E-state index in [1.807, 2.05) is 11.3 Å². The van der Waals surface area contributed by atoms with Gasteiger partial charge in [0.2, 0.25) is 0 Å². The van der Waals surface area contributed by atoms with Crippen LogP contribution < -0.4 is 51.0 Å². The third-order valence-corrected chi connectivity index (χ3v) is 18.0. The van der Waals surface area contributed by atoms with Crippen molar-refractivity contribution in [3.63, 3.8) is 0 Å². The monoisotopic (exact) mass is 994 g/mol. The molecule has 0 N–H and O–H groups in total. The van der Waals surface area contributed by atoms with E-state index in [-0.39, 0.29) is 13.4 Å². The van der Waals surface area contributed by atoms with Gasteiger partial charge in [0.15, 0.2) is 0 Å². The molecule has 0 amide bonds. The molecule has 4 nitrogen and oxygen atoms in total. The van der Waals surface area contributed by atoms with Crippen LogP contribution >= 0.6 is 11.3 Å². The van der Waals surface area contributed by atoms with E-state index < -0.39 is 0 Å².